The second-order valence-corrected chi connectivity index (χ2v) is 4.98. The zero-order valence-corrected chi connectivity index (χ0v) is 11.4. The SMILES string of the molecule is COCCNC(=O)c1sc2c(c(C)nn2C)c1N. The average molecular weight is 268 g/mol. The molecule has 0 spiro atoms. The van der Waals surface area contributed by atoms with Crippen LogP contribution in [0.25, 0.3) is 10.2 Å². The number of nitrogens with two attached hydrogens (primary N) is 1. The maximum absolute atomic E-state index is 12.0. The van der Waals surface area contributed by atoms with Gasteiger partial charge in [-0.15, -0.1) is 11.3 Å². The number of hydrogen-bond acceptors (Lipinski definition) is 5. The Morgan fingerprint density at radius 1 is 1.61 bits per heavy atom. The molecular formula is C11H16N4O2S. The molecule has 0 unspecified atom stereocenters. The molecule has 0 aliphatic rings. The molecule has 0 aliphatic carbocycles. The van der Waals surface area contributed by atoms with Gasteiger partial charge in [0.25, 0.3) is 5.91 Å². The van der Waals surface area contributed by atoms with E-state index in [2.05, 4.69) is 10.4 Å². The smallest absolute Gasteiger partial charge is 0.263 e. The van der Waals surface area contributed by atoms with Crippen molar-refractivity contribution in [2.45, 2.75) is 6.92 Å². The summed E-state index contributed by atoms with van der Waals surface area (Å²) in [5, 5.41) is 7.92. The highest BCUT2D eigenvalue weighted by Crippen LogP contribution is 2.35. The van der Waals surface area contributed by atoms with Gasteiger partial charge in [-0.3, -0.25) is 9.48 Å². The van der Waals surface area contributed by atoms with Crippen LogP contribution in [0.1, 0.15) is 15.4 Å². The lowest BCUT2D eigenvalue weighted by atomic mass is 10.2. The Labute approximate surface area is 109 Å². The maximum atomic E-state index is 12.0. The van der Waals surface area contributed by atoms with E-state index >= 15 is 0 Å². The van der Waals surface area contributed by atoms with Gasteiger partial charge in [-0.2, -0.15) is 5.10 Å². The van der Waals surface area contributed by atoms with Gasteiger partial charge in [0.2, 0.25) is 0 Å². The molecule has 2 aromatic rings. The number of fused-ring (bicyclic) bond motifs is 1. The topological polar surface area (TPSA) is 82.2 Å². The van der Waals surface area contributed by atoms with Crippen LogP contribution in [-0.2, 0) is 11.8 Å². The van der Waals surface area contributed by atoms with Gasteiger partial charge in [-0.25, -0.2) is 0 Å². The third-order valence-corrected chi connectivity index (χ3v) is 3.95. The fourth-order valence-corrected chi connectivity index (χ4v) is 2.95. The molecule has 1 amide bonds. The van der Waals surface area contributed by atoms with E-state index in [1.54, 1.807) is 11.8 Å². The monoisotopic (exact) mass is 268 g/mol. The van der Waals surface area contributed by atoms with Crippen LogP contribution in [0.3, 0.4) is 0 Å². The fourth-order valence-electron chi connectivity index (χ4n) is 1.84. The van der Waals surface area contributed by atoms with Crippen molar-refractivity contribution in [3.8, 4) is 0 Å². The van der Waals surface area contributed by atoms with Crippen molar-refractivity contribution in [2.75, 3.05) is 26.0 Å². The molecular weight excluding hydrogens is 252 g/mol. The number of amides is 1. The summed E-state index contributed by atoms with van der Waals surface area (Å²) in [7, 11) is 3.44. The Balaban J connectivity index is 2.31. The van der Waals surface area contributed by atoms with Gasteiger partial charge in [0.05, 0.1) is 23.4 Å². The first-order chi connectivity index (χ1) is 8.56. The van der Waals surface area contributed by atoms with Crippen LogP contribution in [0.2, 0.25) is 0 Å². The van der Waals surface area contributed by atoms with Crippen molar-refractivity contribution < 1.29 is 9.53 Å². The highest BCUT2D eigenvalue weighted by Gasteiger charge is 2.20. The first-order valence-corrected chi connectivity index (χ1v) is 6.36. The van der Waals surface area contributed by atoms with Gasteiger partial charge in [-0.05, 0) is 6.92 Å². The minimum atomic E-state index is -0.162. The number of carbonyl (C=O) groups is 1. The molecule has 18 heavy (non-hydrogen) atoms. The van der Waals surface area contributed by atoms with E-state index < -0.39 is 0 Å². The van der Waals surface area contributed by atoms with Crippen LogP contribution in [-0.4, -0.2) is 35.9 Å². The highest BCUT2D eigenvalue weighted by atomic mass is 32.1. The van der Waals surface area contributed by atoms with Crippen molar-refractivity contribution in [1.29, 1.82) is 0 Å². The van der Waals surface area contributed by atoms with Crippen LogP contribution in [0.5, 0.6) is 0 Å². The van der Waals surface area contributed by atoms with E-state index in [1.807, 2.05) is 14.0 Å². The summed E-state index contributed by atoms with van der Waals surface area (Å²) in [6, 6.07) is 0. The van der Waals surface area contributed by atoms with Gasteiger partial charge in [0.1, 0.15) is 9.71 Å². The molecule has 6 nitrogen and oxygen atoms in total. The number of aryl methyl sites for hydroxylation is 2. The third kappa shape index (κ3) is 2.06. The largest absolute Gasteiger partial charge is 0.397 e. The summed E-state index contributed by atoms with van der Waals surface area (Å²) in [5.74, 6) is -0.162. The zero-order valence-electron chi connectivity index (χ0n) is 10.6. The molecule has 0 fully saturated rings. The van der Waals surface area contributed by atoms with Gasteiger partial charge in [0, 0.05) is 20.7 Å². The van der Waals surface area contributed by atoms with Gasteiger partial charge in [0.15, 0.2) is 0 Å². The molecule has 0 radical (unpaired) electrons. The quantitative estimate of drug-likeness (QED) is 0.807. The third-order valence-electron chi connectivity index (χ3n) is 2.68. The summed E-state index contributed by atoms with van der Waals surface area (Å²) in [5.41, 5.74) is 7.38. The van der Waals surface area contributed by atoms with Crippen LogP contribution in [0, 0.1) is 6.92 Å². The second kappa shape index (κ2) is 4.95. The Morgan fingerprint density at radius 2 is 2.33 bits per heavy atom. The first-order valence-electron chi connectivity index (χ1n) is 5.55. The maximum Gasteiger partial charge on any atom is 0.263 e. The number of carbonyl (C=O) groups excluding carboxylic acids is 1. The van der Waals surface area contributed by atoms with Crippen LogP contribution < -0.4 is 11.1 Å². The van der Waals surface area contributed by atoms with Gasteiger partial charge in [-0.1, -0.05) is 0 Å². The summed E-state index contributed by atoms with van der Waals surface area (Å²) < 4.78 is 6.63. The summed E-state index contributed by atoms with van der Waals surface area (Å²) in [6.07, 6.45) is 0. The number of methoxy groups -OCH3 is 1. The molecule has 0 saturated heterocycles. The normalized spacial score (nSPS) is 11.1. The molecule has 3 N–H and O–H groups in total. The lowest BCUT2D eigenvalue weighted by molar-refractivity contribution is 0.0942. The van der Waals surface area contributed by atoms with E-state index in [0.717, 1.165) is 15.9 Å². The van der Waals surface area contributed by atoms with Crippen LogP contribution >= 0.6 is 11.3 Å². The van der Waals surface area contributed by atoms with E-state index in [4.69, 9.17) is 10.5 Å². The second-order valence-electron chi connectivity index (χ2n) is 3.98. The van der Waals surface area contributed by atoms with E-state index in [0.29, 0.717) is 23.7 Å². The molecule has 98 valence electrons. The number of nitrogens with one attached hydrogen (secondary N) is 1. The number of rotatable bonds is 4. The molecule has 0 aliphatic heterocycles. The Hall–Kier alpha value is -1.60. The first kappa shape index (κ1) is 12.8. The number of nitrogen functional groups attached to an aromatic ring is 1. The van der Waals surface area contributed by atoms with Crippen molar-refractivity contribution in [2.24, 2.45) is 7.05 Å². The molecule has 0 bridgehead atoms. The Bertz CT molecular complexity index is 587. The summed E-state index contributed by atoms with van der Waals surface area (Å²) in [4.78, 5) is 13.4. The minimum Gasteiger partial charge on any atom is -0.397 e. The molecule has 0 atom stereocenters. The standard InChI is InChI=1S/C11H16N4O2S/c1-6-7-8(12)9(10(16)13-4-5-17-3)18-11(7)15(2)14-6/h4-5,12H2,1-3H3,(H,13,16). The zero-order chi connectivity index (χ0) is 13.3. The predicted molar refractivity (Wildman–Crippen MR) is 71.9 cm³/mol. The van der Waals surface area contributed by atoms with Crippen LogP contribution in [0.15, 0.2) is 0 Å². The van der Waals surface area contributed by atoms with E-state index in [9.17, 15) is 4.79 Å². The number of ether oxygens (including phenoxy) is 1. The molecule has 0 aromatic carbocycles. The van der Waals surface area contributed by atoms with Crippen molar-refractivity contribution >= 4 is 33.1 Å². The number of anilines is 1. The predicted octanol–water partition coefficient (Wildman–Crippen LogP) is 0.902. The number of nitrogens with zero attached hydrogens (tertiary/aromatic N) is 2. The molecule has 7 heteroatoms. The van der Waals surface area contributed by atoms with Crippen molar-refractivity contribution in [3.05, 3.63) is 10.6 Å². The van der Waals surface area contributed by atoms with Crippen molar-refractivity contribution in [3.63, 3.8) is 0 Å². The van der Waals surface area contributed by atoms with Crippen LogP contribution in [0.4, 0.5) is 5.69 Å². The minimum absolute atomic E-state index is 0.162. The lowest BCUT2D eigenvalue weighted by Crippen LogP contribution is -2.26. The number of aromatic nitrogens is 2. The Morgan fingerprint density at radius 3 is 2.94 bits per heavy atom. The fraction of sp³-hybridized carbons (Fsp3) is 0.455. The molecule has 0 saturated carbocycles. The summed E-state index contributed by atoms with van der Waals surface area (Å²) in [6.45, 7) is 2.84. The van der Waals surface area contributed by atoms with E-state index in [-0.39, 0.29) is 5.91 Å². The van der Waals surface area contributed by atoms with Gasteiger partial charge < -0.3 is 15.8 Å². The number of hydrogen-bond donors (Lipinski definition) is 2. The highest BCUT2D eigenvalue weighted by molar-refractivity contribution is 7.21. The lowest BCUT2D eigenvalue weighted by Gasteiger charge is -2.03. The molecule has 2 heterocycles. The summed E-state index contributed by atoms with van der Waals surface area (Å²) >= 11 is 1.36. The Kier molecular flexibility index (Phi) is 3.53. The molecule has 2 rings (SSSR count). The molecule has 2 aromatic heterocycles. The van der Waals surface area contributed by atoms with Crippen molar-refractivity contribution in [1.82, 2.24) is 15.1 Å². The average Bonchev–Trinajstić information content (AvgIpc) is 2.80. The van der Waals surface area contributed by atoms with Gasteiger partial charge >= 0.3 is 0 Å². The van der Waals surface area contributed by atoms with E-state index in [1.165, 1.54) is 11.3 Å². The number of thiophene rings is 1.